The van der Waals surface area contributed by atoms with Crippen LogP contribution in [0, 0.1) is 23.6 Å². The van der Waals surface area contributed by atoms with Gasteiger partial charge in [-0.05, 0) is 74.4 Å². The van der Waals surface area contributed by atoms with Gasteiger partial charge in [-0.15, -0.1) is 11.3 Å². The van der Waals surface area contributed by atoms with Crippen LogP contribution in [-0.4, -0.2) is 95.2 Å². The topological polar surface area (TPSA) is 150 Å². The summed E-state index contributed by atoms with van der Waals surface area (Å²) >= 11 is 1.25. The number of methoxy groups -OCH3 is 1. The number of rotatable bonds is 22. The van der Waals surface area contributed by atoms with Gasteiger partial charge >= 0.3 is 5.97 Å². The van der Waals surface area contributed by atoms with Gasteiger partial charge in [-0.1, -0.05) is 89.9 Å². The van der Waals surface area contributed by atoms with Gasteiger partial charge < -0.3 is 30.1 Å². The molecule has 2 heterocycles. The predicted molar refractivity (Wildman–Crippen MR) is 222 cm³/mol. The summed E-state index contributed by atoms with van der Waals surface area (Å²) in [5.74, 6) is -3.07. The summed E-state index contributed by atoms with van der Waals surface area (Å²) in [7, 11) is 3.48. The number of carboxylic acids is 1. The largest absolute Gasteiger partial charge is 0.481 e. The van der Waals surface area contributed by atoms with Crippen molar-refractivity contribution in [2.45, 2.75) is 116 Å². The molecule has 3 unspecified atom stereocenters. The van der Waals surface area contributed by atoms with E-state index >= 15 is 0 Å². The van der Waals surface area contributed by atoms with Gasteiger partial charge in [-0.3, -0.25) is 24.1 Å². The Morgan fingerprint density at radius 1 is 1.00 bits per heavy atom. The minimum Gasteiger partial charge on any atom is -0.481 e. The maximum Gasteiger partial charge on any atom is 0.306 e. The number of nitrogens with one attached hydrogen (secondary N) is 2. The number of aromatic nitrogens is 1. The molecule has 4 rings (SSSR count). The van der Waals surface area contributed by atoms with Crippen molar-refractivity contribution in [3.63, 3.8) is 0 Å². The molecule has 0 saturated carbocycles. The van der Waals surface area contributed by atoms with E-state index in [-0.39, 0.29) is 60.5 Å². The molecule has 0 radical (unpaired) electrons. The quantitative estimate of drug-likeness (QED) is 0.0925. The first kappa shape index (κ1) is 46.4. The van der Waals surface area contributed by atoms with Crippen LogP contribution in [0.5, 0.6) is 0 Å². The monoisotopic (exact) mass is 823 g/mol. The second-order valence-electron chi connectivity index (χ2n) is 16.0. The summed E-state index contributed by atoms with van der Waals surface area (Å²) in [5, 5.41) is 17.9. The van der Waals surface area contributed by atoms with E-state index in [1.54, 1.807) is 24.4 Å². The lowest BCUT2D eigenvalue weighted by Crippen LogP contribution is -2.58. The molecule has 1 saturated heterocycles. The Morgan fingerprint density at radius 2 is 1.71 bits per heavy atom. The lowest BCUT2D eigenvalue weighted by Gasteiger charge is -2.40. The van der Waals surface area contributed by atoms with E-state index < -0.39 is 36.0 Å². The number of thiazole rings is 1. The Morgan fingerprint density at radius 3 is 2.33 bits per heavy atom. The summed E-state index contributed by atoms with van der Waals surface area (Å²) in [6.07, 6.45) is 3.55. The van der Waals surface area contributed by atoms with Crippen LogP contribution >= 0.6 is 11.3 Å². The Kier molecular flexibility index (Phi) is 18.2. The van der Waals surface area contributed by atoms with Crippen molar-refractivity contribution in [3.05, 3.63) is 87.6 Å². The summed E-state index contributed by atoms with van der Waals surface area (Å²) in [6.45, 7) is 10.8. The molecule has 3 aromatic rings. The molecule has 14 heteroatoms. The Bertz CT molecular complexity index is 1760. The van der Waals surface area contributed by atoms with Crippen molar-refractivity contribution in [1.29, 1.82) is 0 Å². The Hall–Kier alpha value is -4.24. The highest BCUT2D eigenvalue weighted by Gasteiger charge is 2.38. The first-order chi connectivity index (χ1) is 27.7. The highest BCUT2D eigenvalue weighted by atomic mass is 32.1. The van der Waals surface area contributed by atoms with Gasteiger partial charge in [0, 0.05) is 37.5 Å². The third-order valence-electron chi connectivity index (χ3n) is 11.2. The molecule has 3 amide bonds. The summed E-state index contributed by atoms with van der Waals surface area (Å²) < 4.78 is 25.2. The maximum absolute atomic E-state index is 15.0. The van der Waals surface area contributed by atoms with Crippen LogP contribution in [0.25, 0.3) is 0 Å². The van der Waals surface area contributed by atoms with Crippen molar-refractivity contribution in [2.24, 2.45) is 17.8 Å². The van der Waals surface area contributed by atoms with Crippen LogP contribution in [0.2, 0.25) is 0 Å². The third kappa shape index (κ3) is 13.4. The van der Waals surface area contributed by atoms with Gasteiger partial charge in [-0.25, -0.2) is 9.37 Å². The fourth-order valence-electron chi connectivity index (χ4n) is 7.45. The smallest absolute Gasteiger partial charge is 0.306 e. The molecule has 2 aromatic carbocycles. The number of benzene rings is 2. The normalized spacial score (nSPS) is 17.8. The molecule has 12 nitrogen and oxygen atoms in total. The van der Waals surface area contributed by atoms with Gasteiger partial charge in [-0.2, -0.15) is 0 Å². The maximum atomic E-state index is 15.0. The molecule has 1 aliphatic heterocycles. The number of hydrogen-bond acceptors (Lipinski definition) is 9. The molecule has 0 bridgehead atoms. The molecule has 7 atom stereocenters. The van der Waals surface area contributed by atoms with Gasteiger partial charge in [0.1, 0.15) is 35.5 Å². The number of amides is 3. The van der Waals surface area contributed by atoms with Crippen LogP contribution in [0.15, 0.2) is 60.0 Å². The van der Waals surface area contributed by atoms with Crippen LogP contribution in [-0.2, 0) is 36.8 Å². The second kappa shape index (κ2) is 22.8. The molecular formula is C44H62FN5O7S. The highest BCUT2D eigenvalue weighted by molar-refractivity contribution is 7.09. The molecule has 1 fully saturated rings. The zero-order valence-corrected chi connectivity index (χ0v) is 35.8. The number of likely N-dealkylation sites (tertiary alicyclic amines) is 1. The number of hydrogen-bond donors (Lipinski definition) is 3. The fourth-order valence-corrected chi connectivity index (χ4v) is 8.31. The van der Waals surface area contributed by atoms with Crippen LogP contribution in [0.1, 0.15) is 106 Å². The molecular weight excluding hydrogens is 762 g/mol. The zero-order valence-electron chi connectivity index (χ0n) is 35.0. The van der Waals surface area contributed by atoms with E-state index in [4.69, 9.17) is 14.5 Å². The lowest BCUT2D eigenvalue weighted by molar-refractivity contribution is -0.144. The predicted octanol–water partition coefficient (Wildman–Crippen LogP) is 6.85. The number of piperidine rings is 1. The zero-order chi connectivity index (χ0) is 42.4. The van der Waals surface area contributed by atoms with Crippen molar-refractivity contribution < 1.29 is 38.1 Å². The number of aliphatic carboxylic acids is 1. The van der Waals surface area contributed by atoms with Crippen molar-refractivity contribution >= 4 is 35.0 Å². The molecule has 1 aromatic heterocycles. The van der Waals surface area contributed by atoms with Crippen LogP contribution in [0.4, 0.5) is 4.39 Å². The number of carbonyl (C=O) groups is 4. The summed E-state index contributed by atoms with van der Waals surface area (Å²) in [4.78, 5) is 62.9. The molecule has 58 heavy (non-hydrogen) atoms. The van der Waals surface area contributed by atoms with Gasteiger partial charge in [0.2, 0.25) is 11.8 Å². The van der Waals surface area contributed by atoms with E-state index in [2.05, 4.69) is 29.4 Å². The van der Waals surface area contributed by atoms with Gasteiger partial charge in [0.25, 0.3) is 5.91 Å². The van der Waals surface area contributed by atoms with E-state index in [1.807, 2.05) is 56.1 Å². The van der Waals surface area contributed by atoms with Gasteiger partial charge in [0.15, 0.2) is 0 Å². The van der Waals surface area contributed by atoms with Gasteiger partial charge in [0.05, 0.1) is 12.0 Å². The Balaban J connectivity index is 1.63. The number of halogens is 1. The fraction of sp³-hybridized carbons (Fsp3) is 0.568. The second-order valence-corrected chi connectivity index (χ2v) is 16.9. The Labute approximate surface area is 346 Å². The number of ether oxygens (including phenoxy) is 2. The number of carbonyl (C=O) groups excluding carboxylic acids is 3. The summed E-state index contributed by atoms with van der Waals surface area (Å²) in [6, 6.07) is 13.7. The van der Waals surface area contributed by atoms with Crippen LogP contribution < -0.4 is 10.6 Å². The number of nitrogens with zero attached hydrogens (tertiary/aromatic N) is 3. The van der Waals surface area contributed by atoms with Crippen molar-refractivity contribution in [1.82, 2.24) is 25.4 Å². The molecule has 0 spiro atoms. The first-order valence-electron chi connectivity index (χ1n) is 20.4. The van der Waals surface area contributed by atoms with Crippen molar-refractivity contribution in [3.8, 4) is 0 Å². The first-order valence-corrected chi connectivity index (χ1v) is 21.3. The average Bonchev–Trinajstić information content (AvgIpc) is 3.70. The van der Waals surface area contributed by atoms with E-state index in [0.29, 0.717) is 30.8 Å². The standard InChI is InChI=1S/C44H62FN5O7S/c1-8-29(4)39(48-41(52)36-16-12-13-21-49(36)6)43(53)50(25-32-14-10-9-11-15-32)37(28(2)3)24-38(57-27-56-7)42-47-35(26-58-42)40(51)46-34(22-30(5)44(54)55)23-31-17-19-33(45)20-18-31/h9-11,14-15,17-20,26,28-30,34,36-39H,8,12-13,16,21-25,27H2,1-7H3,(H,46,51)(H,48,52)(H,54,55)/t29?,30-,34+,36?,37+,38+,39?/m0/s1. The van der Waals surface area contributed by atoms with E-state index in [1.165, 1.54) is 30.6 Å². The summed E-state index contributed by atoms with van der Waals surface area (Å²) in [5.41, 5.74) is 1.84. The minimum absolute atomic E-state index is 0.0507. The SMILES string of the molecule is CCC(C)C(NC(=O)C1CCCCN1C)C(=O)N(Cc1ccccc1)[C@H](C[C@@H](OCOC)c1nc(C(=O)N[C@@H](Cc2ccc(F)cc2)C[C@H](C)C(=O)O)cs1)C(C)C. The lowest BCUT2D eigenvalue weighted by atomic mass is 9.91. The molecule has 0 aliphatic carbocycles. The number of likely N-dealkylation sites (N-methyl/N-ethyl adjacent to an activating group) is 1. The molecule has 1 aliphatic rings. The third-order valence-corrected chi connectivity index (χ3v) is 12.1. The van der Waals surface area contributed by atoms with Crippen LogP contribution in [0.3, 0.4) is 0 Å². The van der Waals surface area contributed by atoms with E-state index in [0.717, 1.165) is 36.9 Å². The van der Waals surface area contributed by atoms with E-state index in [9.17, 15) is 28.7 Å². The number of carboxylic acid groups (broad SMARTS) is 1. The van der Waals surface area contributed by atoms with Crippen molar-refractivity contribution in [2.75, 3.05) is 27.5 Å². The molecule has 318 valence electrons. The highest BCUT2D eigenvalue weighted by Crippen LogP contribution is 2.32. The minimum atomic E-state index is -0.985. The molecule has 3 N–H and O–H groups in total. The average molecular weight is 824 g/mol.